The van der Waals surface area contributed by atoms with Gasteiger partial charge in [-0.05, 0) is 36.4 Å². The van der Waals surface area contributed by atoms with Gasteiger partial charge in [-0.2, -0.15) is 0 Å². The van der Waals surface area contributed by atoms with E-state index in [0.717, 1.165) is 0 Å². The number of hydrogen-bond donors (Lipinski definition) is 3. The molecule has 0 aliphatic rings. The zero-order valence-corrected chi connectivity index (χ0v) is 14.6. The molecule has 2 rings (SSSR count). The molecule has 2 aromatic rings. The van der Waals surface area contributed by atoms with E-state index in [1.54, 1.807) is 48.5 Å². The third-order valence-electron chi connectivity index (χ3n) is 3.16. The molecule has 2 aromatic carbocycles. The summed E-state index contributed by atoms with van der Waals surface area (Å²) in [7, 11) is 0. The molecule has 8 heteroatoms. The molecule has 0 bridgehead atoms. The number of halogens is 1. The van der Waals surface area contributed by atoms with E-state index in [1.807, 2.05) is 6.07 Å². The highest BCUT2D eigenvalue weighted by molar-refractivity contribution is 6.30. The van der Waals surface area contributed by atoms with Crippen LogP contribution in [0.3, 0.4) is 0 Å². The van der Waals surface area contributed by atoms with Crippen molar-refractivity contribution in [3.05, 3.63) is 59.6 Å². The van der Waals surface area contributed by atoms with Crippen molar-refractivity contribution in [3.8, 4) is 5.75 Å². The number of nitrogens with one attached hydrogen (secondary N) is 3. The topological polar surface area (TPSA) is 96.5 Å². The van der Waals surface area contributed by atoms with Crippen LogP contribution in [0.15, 0.2) is 54.6 Å². The molecule has 0 aliphatic carbocycles. The fourth-order valence-electron chi connectivity index (χ4n) is 1.89. The van der Waals surface area contributed by atoms with Crippen molar-refractivity contribution in [2.24, 2.45) is 0 Å². The second-order valence-corrected chi connectivity index (χ2v) is 5.69. The maximum absolute atomic E-state index is 11.7. The minimum absolute atomic E-state index is 0.00211. The second-order valence-electron chi connectivity index (χ2n) is 5.25. The van der Waals surface area contributed by atoms with Crippen molar-refractivity contribution < 1.29 is 19.1 Å². The molecule has 0 unspecified atom stereocenters. The van der Waals surface area contributed by atoms with E-state index in [4.69, 9.17) is 16.3 Å². The SMILES string of the molecule is O=C(CCC(=O)Nc1ccccc1)NNC(=O)COc1ccc(Cl)cc1. The summed E-state index contributed by atoms with van der Waals surface area (Å²) >= 11 is 5.75. The zero-order valence-electron chi connectivity index (χ0n) is 13.8. The molecule has 0 aliphatic heterocycles. The Morgan fingerprint density at radius 1 is 0.808 bits per heavy atom. The lowest BCUT2D eigenvalue weighted by molar-refractivity contribution is -0.130. The number of benzene rings is 2. The van der Waals surface area contributed by atoms with E-state index in [0.29, 0.717) is 16.5 Å². The van der Waals surface area contributed by atoms with E-state index in [9.17, 15) is 14.4 Å². The van der Waals surface area contributed by atoms with Crippen LogP contribution in [0.4, 0.5) is 5.69 Å². The first-order valence-electron chi connectivity index (χ1n) is 7.84. The van der Waals surface area contributed by atoms with Crippen LogP contribution in [0.25, 0.3) is 0 Å². The third kappa shape index (κ3) is 7.23. The Labute approximate surface area is 155 Å². The maximum atomic E-state index is 11.7. The highest BCUT2D eigenvalue weighted by Gasteiger charge is 2.09. The lowest BCUT2D eigenvalue weighted by Crippen LogP contribution is -2.44. The van der Waals surface area contributed by atoms with Crippen LogP contribution in [0.5, 0.6) is 5.75 Å². The Bertz CT molecular complexity index is 751. The molecule has 0 atom stereocenters. The second kappa shape index (κ2) is 10.0. The van der Waals surface area contributed by atoms with Gasteiger partial charge in [-0.25, -0.2) is 0 Å². The summed E-state index contributed by atoms with van der Waals surface area (Å²) in [6.07, 6.45) is -0.0607. The fourth-order valence-corrected chi connectivity index (χ4v) is 2.02. The molecule has 0 fully saturated rings. The largest absolute Gasteiger partial charge is 0.484 e. The van der Waals surface area contributed by atoms with Gasteiger partial charge in [0, 0.05) is 23.6 Å². The Balaban J connectivity index is 1.61. The first kappa shape index (κ1) is 19.3. The molecular formula is C18H18ClN3O4. The van der Waals surface area contributed by atoms with Gasteiger partial charge in [-0.15, -0.1) is 0 Å². The summed E-state index contributed by atoms with van der Waals surface area (Å²) in [6, 6.07) is 15.4. The zero-order chi connectivity index (χ0) is 18.8. The van der Waals surface area contributed by atoms with Crippen LogP contribution in [0.2, 0.25) is 5.02 Å². The Morgan fingerprint density at radius 3 is 2.12 bits per heavy atom. The monoisotopic (exact) mass is 375 g/mol. The number of amides is 3. The summed E-state index contributed by atoms with van der Waals surface area (Å²) in [6.45, 7) is -0.267. The highest BCUT2D eigenvalue weighted by atomic mass is 35.5. The van der Waals surface area contributed by atoms with E-state index >= 15 is 0 Å². The predicted molar refractivity (Wildman–Crippen MR) is 97.5 cm³/mol. The van der Waals surface area contributed by atoms with E-state index in [1.165, 1.54) is 0 Å². The number of hydrazine groups is 1. The lowest BCUT2D eigenvalue weighted by atomic mass is 10.2. The van der Waals surface area contributed by atoms with Gasteiger partial charge in [-0.1, -0.05) is 29.8 Å². The summed E-state index contributed by atoms with van der Waals surface area (Å²) in [5.41, 5.74) is 5.10. The molecule has 3 amide bonds. The smallest absolute Gasteiger partial charge is 0.276 e. The number of hydrogen-bond acceptors (Lipinski definition) is 4. The Hall–Kier alpha value is -3.06. The van der Waals surface area contributed by atoms with Gasteiger partial charge < -0.3 is 10.1 Å². The Morgan fingerprint density at radius 2 is 1.42 bits per heavy atom. The summed E-state index contributed by atoms with van der Waals surface area (Å²) in [4.78, 5) is 35.0. The number of carbonyl (C=O) groups excluding carboxylic acids is 3. The van der Waals surface area contributed by atoms with Crippen molar-refractivity contribution >= 4 is 35.0 Å². The lowest BCUT2D eigenvalue weighted by Gasteiger charge is -2.09. The molecule has 7 nitrogen and oxygen atoms in total. The van der Waals surface area contributed by atoms with Gasteiger partial charge in [0.05, 0.1) is 0 Å². The third-order valence-corrected chi connectivity index (χ3v) is 3.41. The number of anilines is 1. The summed E-state index contributed by atoms with van der Waals surface area (Å²) in [5.74, 6) is -0.813. The molecule has 0 saturated heterocycles. The highest BCUT2D eigenvalue weighted by Crippen LogP contribution is 2.15. The van der Waals surface area contributed by atoms with Crippen LogP contribution in [-0.2, 0) is 14.4 Å². The molecule has 26 heavy (non-hydrogen) atoms. The first-order chi connectivity index (χ1) is 12.5. The van der Waals surface area contributed by atoms with E-state index in [-0.39, 0.29) is 25.4 Å². The van der Waals surface area contributed by atoms with Gasteiger partial charge in [0.25, 0.3) is 5.91 Å². The number of rotatable bonds is 7. The molecule has 136 valence electrons. The number of ether oxygens (including phenoxy) is 1. The van der Waals surface area contributed by atoms with Gasteiger partial charge >= 0.3 is 0 Å². The minimum Gasteiger partial charge on any atom is -0.484 e. The van der Waals surface area contributed by atoms with Gasteiger partial charge in [-0.3, -0.25) is 25.2 Å². The van der Waals surface area contributed by atoms with E-state index < -0.39 is 11.8 Å². The average Bonchev–Trinajstić information content (AvgIpc) is 2.65. The standard InChI is InChI=1S/C18H18ClN3O4/c19-13-6-8-15(9-7-13)26-12-18(25)22-21-17(24)11-10-16(23)20-14-4-2-1-3-5-14/h1-9H,10-12H2,(H,20,23)(H,21,24)(H,22,25). The molecule has 0 heterocycles. The predicted octanol–water partition coefficient (Wildman–Crippen LogP) is 2.29. The van der Waals surface area contributed by atoms with Crippen LogP contribution in [0.1, 0.15) is 12.8 Å². The average molecular weight is 376 g/mol. The summed E-state index contributed by atoms with van der Waals surface area (Å²) < 4.78 is 5.23. The van der Waals surface area contributed by atoms with Crippen molar-refractivity contribution in [1.29, 1.82) is 0 Å². The molecule has 3 N–H and O–H groups in total. The van der Waals surface area contributed by atoms with E-state index in [2.05, 4.69) is 16.2 Å². The van der Waals surface area contributed by atoms with Gasteiger partial charge in [0.15, 0.2) is 6.61 Å². The normalized spacial score (nSPS) is 9.88. The quantitative estimate of drug-likeness (QED) is 0.647. The maximum Gasteiger partial charge on any atom is 0.276 e. The molecule has 0 radical (unpaired) electrons. The van der Waals surface area contributed by atoms with Crippen molar-refractivity contribution in [2.75, 3.05) is 11.9 Å². The van der Waals surface area contributed by atoms with Gasteiger partial charge in [0.1, 0.15) is 5.75 Å². The molecule has 0 spiro atoms. The van der Waals surface area contributed by atoms with Crippen LogP contribution >= 0.6 is 11.6 Å². The molecule has 0 aromatic heterocycles. The van der Waals surface area contributed by atoms with Crippen molar-refractivity contribution in [1.82, 2.24) is 10.9 Å². The first-order valence-corrected chi connectivity index (χ1v) is 8.21. The van der Waals surface area contributed by atoms with Crippen molar-refractivity contribution in [3.63, 3.8) is 0 Å². The molecular weight excluding hydrogens is 358 g/mol. The Kier molecular flexibility index (Phi) is 7.45. The number of carbonyl (C=O) groups is 3. The van der Waals surface area contributed by atoms with Crippen LogP contribution in [-0.4, -0.2) is 24.3 Å². The van der Waals surface area contributed by atoms with Crippen LogP contribution in [0, 0.1) is 0 Å². The molecule has 0 saturated carbocycles. The van der Waals surface area contributed by atoms with Crippen LogP contribution < -0.4 is 20.9 Å². The minimum atomic E-state index is -0.526. The summed E-state index contributed by atoms with van der Waals surface area (Å²) in [5, 5.41) is 3.23. The fraction of sp³-hybridized carbons (Fsp3) is 0.167. The van der Waals surface area contributed by atoms with Gasteiger partial charge in [0.2, 0.25) is 11.8 Å². The van der Waals surface area contributed by atoms with Crippen molar-refractivity contribution in [2.45, 2.75) is 12.8 Å². The number of para-hydroxylation sites is 1.